The predicted molar refractivity (Wildman–Crippen MR) is 96.3 cm³/mol. The number of carbonyl (C=O) groups excluding carboxylic acids is 1. The molecule has 0 rings (SSSR count). The second kappa shape index (κ2) is 15.6. The lowest BCUT2D eigenvalue weighted by Gasteiger charge is -2.11. The molecule has 0 spiro atoms. The van der Waals surface area contributed by atoms with E-state index in [1.165, 1.54) is 19.3 Å². The molecule has 2 unspecified atom stereocenters. The summed E-state index contributed by atoms with van der Waals surface area (Å²) in [5, 5.41) is 11.4. The number of hydrogen-bond donors (Lipinski definition) is 3. The first-order valence-electron chi connectivity index (χ1n) is 9.07. The van der Waals surface area contributed by atoms with Crippen LogP contribution in [0.25, 0.3) is 0 Å². The number of carboxylic acid groups (broad SMARTS) is 1. The fourth-order valence-corrected chi connectivity index (χ4v) is 2.98. The SMILES string of the molecule is CCC(NC(=O)CCCCCCCCCCCCS(=O)O)C(=O)O. The van der Waals surface area contributed by atoms with E-state index in [2.05, 4.69) is 5.32 Å². The van der Waals surface area contributed by atoms with E-state index in [1.807, 2.05) is 0 Å². The quantitative estimate of drug-likeness (QED) is 0.288. The first kappa shape index (κ1) is 23.1. The summed E-state index contributed by atoms with van der Waals surface area (Å²) in [4.78, 5) is 22.4. The molecule has 24 heavy (non-hydrogen) atoms. The molecule has 0 saturated heterocycles. The Morgan fingerprint density at radius 3 is 1.79 bits per heavy atom. The monoisotopic (exact) mass is 363 g/mol. The minimum atomic E-state index is -1.65. The molecule has 2 atom stereocenters. The van der Waals surface area contributed by atoms with Crippen LogP contribution in [0.2, 0.25) is 0 Å². The van der Waals surface area contributed by atoms with E-state index in [9.17, 15) is 13.8 Å². The van der Waals surface area contributed by atoms with Gasteiger partial charge in [-0.3, -0.25) is 4.79 Å². The van der Waals surface area contributed by atoms with Gasteiger partial charge >= 0.3 is 5.97 Å². The lowest BCUT2D eigenvalue weighted by atomic mass is 10.1. The van der Waals surface area contributed by atoms with Gasteiger partial charge in [-0.15, -0.1) is 0 Å². The van der Waals surface area contributed by atoms with E-state index in [4.69, 9.17) is 9.66 Å². The smallest absolute Gasteiger partial charge is 0.326 e. The Morgan fingerprint density at radius 2 is 1.38 bits per heavy atom. The van der Waals surface area contributed by atoms with Crippen LogP contribution >= 0.6 is 0 Å². The maximum Gasteiger partial charge on any atom is 0.326 e. The lowest BCUT2D eigenvalue weighted by Crippen LogP contribution is -2.40. The third-order valence-corrected chi connectivity index (χ3v) is 4.65. The Labute approximate surface area is 148 Å². The van der Waals surface area contributed by atoms with Crippen molar-refractivity contribution in [2.24, 2.45) is 0 Å². The van der Waals surface area contributed by atoms with Crippen molar-refractivity contribution in [3.05, 3.63) is 0 Å². The fraction of sp³-hybridized carbons (Fsp3) is 0.882. The van der Waals surface area contributed by atoms with Crippen LogP contribution in [0.5, 0.6) is 0 Å². The van der Waals surface area contributed by atoms with Crippen molar-refractivity contribution in [2.75, 3.05) is 5.75 Å². The Balaban J connectivity index is 3.34. The van der Waals surface area contributed by atoms with Gasteiger partial charge in [0.2, 0.25) is 5.91 Å². The van der Waals surface area contributed by atoms with E-state index in [-0.39, 0.29) is 5.91 Å². The number of aliphatic carboxylic acids is 1. The minimum Gasteiger partial charge on any atom is -0.480 e. The molecule has 0 saturated carbocycles. The second-order valence-electron chi connectivity index (χ2n) is 6.18. The summed E-state index contributed by atoms with van der Waals surface area (Å²) in [5.41, 5.74) is 0. The van der Waals surface area contributed by atoms with Crippen molar-refractivity contribution in [1.29, 1.82) is 0 Å². The summed E-state index contributed by atoms with van der Waals surface area (Å²) in [6, 6.07) is -0.769. The molecular weight excluding hydrogens is 330 g/mol. The van der Waals surface area contributed by atoms with Gasteiger partial charge in [0.25, 0.3) is 0 Å². The molecule has 0 aromatic rings. The van der Waals surface area contributed by atoms with Crippen molar-refractivity contribution in [1.82, 2.24) is 5.32 Å². The van der Waals surface area contributed by atoms with E-state index < -0.39 is 23.1 Å². The number of unbranched alkanes of at least 4 members (excludes halogenated alkanes) is 9. The Bertz CT molecular complexity index is 376. The highest BCUT2D eigenvalue weighted by Gasteiger charge is 2.16. The van der Waals surface area contributed by atoms with Crippen molar-refractivity contribution < 1.29 is 23.5 Å². The number of rotatable bonds is 16. The van der Waals surface area contributed by atoms with Crippen LogP contribution in [-0.2, 0) is 20.7 Å². The van der Waals surface area contributed by atoms with Crippen LogP contribution in [0, 0.1) is 0 Å². The highest BCUT2D eigenvalue weighted by molar-refractivity contribution is 7.79. The molecule has 0 aliphatic carbocycles. The van der Waals surface area contributed by atoms with Gasteiger partial charge in [0, 0.05) is 12.2 Å². The molecule has 0 bridgehead atoms. The van der Waals surface area contributed by atoms with E-state index in [0.29, 0.717) is 18.6 Å². The average molecular weight is 364 g/mol. The van der Waals surface area contributed by atoms with Crippen LogP contribution in [0.15, 0.2) is 0 Å². The molecule has 0 fully saturated rings. The fourth-order valence-electron chi connectivity index (χ4n) is 2.53. The average Bonchev–Trinajstić information content (AvgIpc) is 2.53. The van der Waals surface area contributed by atoms with Gasteiger partial charge in [0.1, 0.15) is 6.04 Å². The Morgan fingerprint density at radius 1 is 0.917 bits per heavy atom. The Kier molecular flexibility index (Phi) is 15.0. The number of nitrogens with one attached hydrogen (secondary N) is 1. The van der Waals surface area contributed by atoms with Gasteiger partial charge in [0.15, 0.2) is 11.1 Å². The topological polar surface area (TPSA) is 104 Å². The number of carbonyl (C=O) groups is 2. The zero-order valence-electron chi connectivity index (χ0n) is 14.8. The van der Waals surface area contributed by atoms with Crippen LogP contribution in [0.4, 0.5) is 0 Å². The number of hydrogen-bond acceptors (Lipinski definition) is 3. The van der Waals surface area contributed by atoms with Crippen LogP contribution < -0.4 is 5.32 Å². The second-order valence-corrected chi connectivity index (χ2v) is 7.23. The maximum atomic E-state index is 11.6. The Hall–Kier alpha value is -0.950. The molecule has 3 N–H and O–H groups in total. The lowest BCUT2D eigenvalue weighted by molar-refractivity contribution is -0.141. The summed E-state index contributed by atoms with van der Waals surface area (Å²) in [6.07, 6.45) is 11.4. The molecule has 6 nitrogen and oxygen atoms in total. The number of amides is 1. The van der Waals surface area contributed by atoms with E-state index in [0.717, 1.165) is 44.9 Å². The summed E-state index contributed by atoms with van der Waals surface area (Å²) in [5.74, 6) is -0.762. The molecule has 7 heteroatoms. The van der Waals surface area contributed by atoms with Gasteiger partial charge in [0.05, 0.1) is 0 Å². The number of carboxylic acids is 1. The first-order chi connectivity index (χ1) is 11.5. The summed E-state index contributed by atoms with van der Waals surface area (Å²) < 4.78 is 19.1. The van der Waals surface area contributed by atoms with Crippen molar-refractivity contribution in [3.8, 4) is 0 Å². The van der Waals surface area contributed by atoms with Gasteiger partial charge in [-0.05, 0) is 19.3 Å². The highest BCUT2D eigenvalue weighted by atomic mass is 32.2. The van der Waals surface area contributed by atoms with Crippen LogP contribution in [-0.4, -0.2) is 37.5 Å². The summed E-state index contributed by atoms with van der Waals surface area (Å²) in [7, 11) is 0. The third-order valence-electron chi connectivity index (χ3n) is 4.01. The van der Waals surface area contributed by atoms with Crippen molar-refractivity contribution in [2.45, 2.75) is 90.0 Å². The zero-order valence-corrected chi connectivity index (χ0v) is 15.6. The largest absolute Gasteiger partial charge is 0.480 e. The molecule has 0 heterocycles. The standard InChI is InChI=1S/C17H33NO5S/c1-2-15(17(20)21)18-16(19)13-11-9-7-5-3-4-6-8-10-12-14-24(22)23/h15H,2-14H2,1H3,(H,18,19)(H,20,21)(H,22,23). The van der Waals surface area contributed by atoms with Gasteiger partial charge in [-0.25, -0.2) is 9.00 Å². The van der Waals surface area contributed by atoms with Gasteiger partial charge < -0.3 is 15.0 Å². The van der Waals surface area contributed by atoms with Crippen molar-refractivity contribution in [3.63, 3.8) is 0 Å². The van der Waals surface area contributed by atoms with Gasteiger partial charge in [-0.2, -0.15) is 0 Å². The van der Waals surface area contributed by atoms with E-state index in [1.54, 1.807) is 6.92 Å². The van der Waals surface area contributed by atoms with Crippen LogP contribution in [0.3, 0.4) is 0 Å². The molecule has 0 aromatic carbocycles. The molecule has 1 amide bonds. The predicted octanol–water partition coefficient (Wildman–Crippen LogP) is 3.48. The molecule has 0 aliphatic heterocycles. The van der Waals surface area contributed by atoms with Crippen molar-refractivity contribution >= 4 is 23.0 Å². The minimum absolute atomic E-state index is 0.173. The zero-order chi connectivity index (χ0) is 18.2. The molecule has 0 aliphatic rings. The highest BCUT2D eigenvalue weighted by Crippen LogP contribution is 2.11. The first-order valence-corrected chi connectivity index (χ1v) is 10.3. The van der Waals surface area contributed by atoms with Gasteiger partial charge in [-0.1, -0.05) is 58.3 Å². The summed E-state index contributed by atoms with van der Waals surface area (Å²) in [6.45, 7) is 1.74. The molecule has 0 radical (unpaired) electrons. The third kappa shape index (κ3) is 14.6. The normalized spacial score (nSPS) is 13.4. The summed E-state index contributed by atoms with van der Waals surface area (Å²) >= 11 is -1.65. The molecular formula is C17H33NO5S. The van der Waals surface area contributed by atoms with E-state index >= 15 is 0 Å². The van der Waals surface area contributed by atoms with Crippen LogP contribution in [0.1, 0.15) is 84.0 Å². The maximum absolute atomic E-state index is 11.6. The molecule has 142 valence electrons. The molecule has 0 aromatic heterocycles.